The normalized spacial score (nSPS) is 19.5. The average molecular weight is 265 g/mol. The summed E-state index contributed by atoms with van der Waals surface area (Å²) in [6.45, 7) is 2.77. The first-order valence-electron chi connectivity index (χ1n) is 6.41. The molecular weight excluding hydrogens is 246 g/mol. The Morgan fingerprint density at radius 3 is 3.00 bits per heavy atom. The molecule has 2 rings (SSSR count). The van der Waals surface area contributed by atoms with Gasteiger partial charge in [-0.15, -0.1) is 11.8 Å². The SMILES string of the molecule is CCCC(NCC1Cc2ccccc2S1)C(=O)O. The first-order valence-corrected chi connectivity index (χ1v) is 7.29. The predicted octanol–water partition coefficient (Wildman–Crippen LogP) is 2.55. The van der Waals surface area contributed by atoms with Crippen LogP contribution in [0.4, 0.5) is 0 Å². The number of carboxylic acids is 1. The van der Waals surface area contributed by atoms with Crippen molar-refractivity contribution in [3.8, 4) is 0 Å². The van der Waals surface area contributed by atoms with Gasteiger partial charge in [-0.3, -0.25) is 4.79 Å². The Morgan fingerprint density at radius 2 is 2.33 bits per heavy atom. The van der Waals surface area contributed by atoms with E-state index in [9.17, 15) is 4.79 Å². The second-order valence-corrected chi connectivity index (χ2v) is 5.98. The van der Waals surface area contributed by atoms with Crippen molar-refractivity contribution in [3.05, 3.63) is 29.8 Å². The van der Waals surface area contributed by atoms with E-state index in [2.05, 4.69) is 29.6 Å². The second-order valence-electron chi connectivity index (χ2n) is 4.64. The van der Waals surface area contributed by atoms with Crippen LogP contribution in [0.25, 0.3) is 0 Å². The summed E-state index contributed by atoms with van der Waals surface area (Å²) < 4.78 is 0. The zero-order chi connectivity index (χ0) is 13.0. The number of rotatable bonds is 6. The number of benzene rings is 1. The van der Waals surface area contributed by atoms with Crippen molar-refractivity contribution in [2.45, 2.75) is 42.4 Å². The summed E-state index contributed by atoms with van der Waals surface area (Å²) in [6.07, 6.45) is 2.62. The first kappa shape index (κ1) is 13.4. The fraction of sp³-hybridized carbons (Fsp3) is 0.500. The largest absolute Gasteiger partial charge is 0.480 e. The lowest BCUT2D eigenvalue weighted by Gasteiger charge is -2.16. The number of aliphatic carboxylic acids is 1. The molecule has 0 aliphatic carbocycles. The summed E-state index contributed by atoms with van der Waals surface area (Å²) in [6, 6.07) is 8.01. The number of fused-ring (bicyclic) bond motifs is 1. The van der Waals surface area contributed by atoms with Crippen molar-refractivity contribution in [2.24, 2.45) is 0 Å². The molecule has 1 aromatic rings. The van der Waals surface area contributed by atoms with E-state index in [-0.39, 0.29) is 0 Å². The van der Waals surface area contributed by atoms with E-state index in [4.69, 9.17) is 5.11 Å². The summed E-state index contributed by atoms with van der Waals surface area (Å²) in [7, 11) is 0. The van der Waals surface area contributed by atoms with Gasteiger partial charge < -0.3 is 10.4 Å². The molecule has 0 fully saturated rings. The van der Waals surface area contributed by atoms with E-state index in [1.807, 2.05) is 18.7 Å². The van der Waals surface area contributed by atoms with Crippen LogP contribution < -0.4 is 5.32 Å². The minimum Gasteiger partial charge on any atom is -0.480 e. The Labute approximate surface area is 112 Å². The summed E-state index contributed by atoms with van der Waals surface area (Å²) in [5, 5.41) is 12.7. The van der Waals surface area contributed by atoms with Gasteiger partial charge in [0.25, 0.3) is 0 Å². The van der Waals surface area contributed by atoms with Crippen LogP contribution in [0.1, 0.15) is 25.3 Å². The van der Waals surface area contributed by atoms with E-state index in [1.54, 1.807) is 0 Å². The lowest BCUT2D eigenvalue weighted by molar-refractivity contribution is -0.139. The van der Waals surface area contributed by atoms with Crippen LogP contribution in [0.5, 0.6) is 0 Å². The van der Waals surface area contributed by atoms with Crippen LogP contribution in [0.2, 0.25) is 0 Å². The number of hydrogen-bond donors (Lipinski definition) is 2. The van der Waals surface area contributed by atoms with Crippen LogP contribution in [-0.2, 0) is 11.2 Å². The fourth-order valence-corrected chi connectivity index (χ4v) is 3.50. The van der Waals surface area contributed by atoms with Gasteiger partial charge in [0, 0.05) is 16.7 Å². The molecule has 0 spiro atoms. The van der Waals surface area contributed by atoms with Crippen LogP contribution in [-0.4, -0.2) is 28.9 Å². The maximum atomic E-state index is 11.0. The van der Waals surface area contributed by atoms with Gasteiger partial charge in [-0.05, 0) is 24.5 Å². The molecule has 1 heterocycles. The van der Waals surface area contributed by atoms with Gasteiger partial charge in [-0.2, -0.15) is 0 Å². The molecule has 1 aliphatic heterocycles. The summed E-state index contributed by atoms with van der Waals surface area (Å²) >= 11 is 1.85. The molecular formula is C14H19NO2S. The monoisotopic (exact) mass is 265 g/mol. The molecule has 0 amide bonds. The van der Waals surface area contributed by atoms with E-state index >= 15 is 0 Å². The highest BCUT2D eigenvalue weighted by Gasteiger charge is 2.23. The number of carboxylic acid groups (broad SMARTS) is 1. The summed E-state index contributed by atoms with van der Waals surface area (Å²) in [5.41, 5.74) is 1.39. The molecule has 0 aromatic heterocycles. The highest BCUT2D eigenvalue weighted by Crippen LogP contribution is 2.36. The van der Waals surface area contributed by atoms with Crippen molar-refractivity contribution < 1.29 is 9.90 Å². The van der Waals surface area contributed by atoms with Crippen LogP contribution in [0, 0.1) is 0 Å². The molecule has 1 aromatic carbocycles. The number of hydrogen-bond acceptors (Lipinski definition) is 3. The lowest BCUT2D eigenvalue weighted by Crippen LogP contribution is -2.40. The van der Waals surface area contributed by atoms with E-state index in [1.165, 1.54) is 10.5 Å². The Bertz CT molecular complexity index is 397. The molecule has 2 N–H and O–H groups in total. The number of thioether (sulfide) groups is 1. The van der Waals surface area contributed by atoms with Crippen molar-refractivity contribution >= 4 is 17.7 Å². The molecule has 98 valence electrons. The highest BCUT2D eigenvalue weighted by molar-refractivity contribution is 8.00. The summed E-state index contributed by atoms with van der Waals surface area (Å²) in [5.74, 6) is -0.739. The average Bonchev–Trinajstić information content (AvgIpc) is 2.76. The molecule has 0 bridgehead atoms. The minimum absolute atomic E-state index is 0.403. The maximum Gasteiger partial charge on any atom is 0.320 e. The van der Waals surface area contributed by atoms with Crippen molar-refractivity contribution in [1.82, 2.24) is 5.32 Å². The van der Waals surface area contributed by atoms with Crippen molar-refractivity contribution in [3.63, 3.8) is 0 Å². The molecule has 4 heteroatoms. The summed E-state index contributed by atoms with van der Waals surface area (Å²) in [4.78, 5) is 12.4. The standard InChI is InChI=1S/C14H19NO2S/c1-2-5-12(14(16)17)15-9-11-8-10-6-3-4-7-13(10)18-11/h3-4,6-7,11-12,15H,2,5,8-9H2,1H3,(H,16,17). The molecule has 3 nitrogen and oxygen atoms in total. The predicted molar refractivity (Wildman–Crippen MR) is 74.1 cm³/mol. The third-order valence-corrected chi connectivity index (χ3v) is 4.50. The van der Waals surface area contributed by atoms with E-state index < -0.39 is 12.0 Å². The zero-order valence-electron chi connectivity index (χ0n) is 10.6. The molecule has 1 aliphatic rings. The molecule has 2 unspecified atom stereocenters. The topological polar surface area (TPSA) is 49.3 Å². The lowest BCUT2D eigenvalue weighted by atomic mass is 10.1. The zero-order valence-corrected chi connectivity index (χ0v) is 11.4. The Morgan fingerprint density at radius 1 is 1.56 bits per heavy atom. The van der Waals surface area contributed by atoms with Gasteiger partial charge in [-0.25, -0.2) is 0 Å². The van der Waals surface area contributed by atoms with Crippen LogP contribution >= 0.6 is 11.8 Å². The van der Waals surface area contributed by atoms with Crippen LogP contribution in [0.15, 0.2) is 29.2 Å². The highest BCUT2D eigenvalue weighted by atomic mass is 32.2. The fourth-order valence-electron chi connectivity index (χ4n) is 2.24. The molecule has 0 saturated carbocycles. The Kier molecular flexibility index (Phi) is 4.66. The maximum absolute atomic E-state index is 11.0. The third kappa shape index (κ3) is 3.27. The molecule has 2 atom stereocenters. The van der Waals surface area contributed by atoms with Crippen LogP contribution in [0.3, 0.4) is 0 Å². The second kappa shape index (κ2) is 6.25. The smallest absolute Gasteiger partial charge is 0.320 e. The number of nitrogens with one attached hydrogen (secondary N) is 1. The van der Waals surface area contributed by atoms with Gasteiger partial charge in [0.1, 0.15) is 6.04 Å². The Hall–Kier alpha value is -1.00. The number of carbonyl (C=O) groups is 1. The minimum atomic E-state index is -0.739. The van der Waals surface area contributed by atoms with E-state index in [0.717, 1.165) is 19.4 Å². The van der Waals surface area contributed by atoms with Gasteiger partial charge in [0.05, 0.1) is 0 Å². The Balaban J connectivity index is 1.84. The quantitative estimate of drug-likeness (QED) is 0.830. The van der Waals surface area contributed by atoms with Crippen molar-refractivity contribution in [2.75, 3.05) is 6.54 Å². The molecule has 0 saturated heterocycles. The molecule has 18 heavy (non-hydrogen) atoms. The van der Waals surface area contributed by atoms with Gasteiger partial charge in [0.2, 0.25) is 0 Å². The molecule has 0 radical (unpaired) electrons. The third-order valence-electron chi connectivity index (χ3n) is 3.18. The van der Waals surface area contributed by atoms with Crippen molar-refractivity contribution in [1.29, 1.82) is 0 Å². The van der Waals surface area contributed by atoms with E-state index in [0.29, 0.717) is 11.7 Å². The van der Waals surface area contributed by atoms with Gasteiger partial charge >= 0.3 is 5.97 Å². The first-order chi connectivity index (χ1) is 8.70. The van der Waals surface area contributed by atoms with Gasteiger partial charge in [0.15, 0.2) is 0 Å². The van der Waals surface area contributed by atoms with Gasteiger partial charge in [-0.1, -0.05) is 31.5 Å².